The molecule has 0 fully saturated rings. The lowest BCUT2D eigenvalue weighted by Crippen LogP contribution is -2.36. The molecule has 27 heavy (non-hydrogen) atoms. The summed E-state index contributed by atoms with van der Waals surface area (Å²) in [5, 5.41) is 6.64. The van der Waals surface area contributed by atoms with Crippen LogP contribution in [0.3, 0.4) is 0 Å². The molecule has 2 aromatic rings. The highest BCUT2D eigenvalue weighted by Gasteiger charge is 2.06. The Balaban J connectivity index is 2.03. The number of anilines is 1. The van der Waals surface area contributed by atoms with Crippen LogP contribution in [0.2, 0.25) is 0 Å². The van der Waals surface area contributed by atoms with Gasteiger partial charge in [-0.1, -0.05) is 12.1 Å². The molecule has 2 aromatic carbocycles. The zero-order valence-electron chi connectivity index (χ0n) is 16.9. The topological polar surface area (TPSA) is 58.1 Å². The van der Waals surface area contributed by atoms with Gasteiger partial charge in [0, 0.05) is 44.5 Å². The lowest BCUT2D eigenvalue weighted by Gasteiger charge is -2.15. The smallest absolute Gasteiger partial charge is 0.191 e. The number of aliphatic imine (C=N–C) groups is 1. The Hall–Kier alpha value is -2.89. The molecular formula is C21H30N4O2. The SMILES string of the molecule is CCNC(=NCc1ccc(N(C)C)cc1)NCc1ccc(OC)cc1OC. The second kappa shape index (κ2) is 10.3. The first-order valence-corrected chi connectivity index (χ1v) is 9.06. The molecule has 146 valence electrons. The third-order valence-corrected chi connectivity index (χ3v) is 4.16. The van der Waals surface area contributed by atoms with E-state index in [-0.39, 0.29) is 0 Å². The molecule has 0 radical (unpaired) electrons. The fourth-order valence-electron chi connectivity index (χ4n) is 2.59. The maximum Gasteiger partial charge on any atom is 0.191 e. The van der Waals surface area contributed by atoms with Gasteiger partial charge < -0.3 is 25.0 Å². The number of hydrogen-bond donors (Lipinski definition) is 2. The first-order chi connectivity index (χ1) is 13.1. The number of ether oxygens (including phenoxy) is 2. The van der Waals surface area contributed by atoms with Crippen molar-refractivity contribution in [3.63, 3.8) is 0 Å². The van der Waals surface area contributed by atoms with Gasteiger partial charge in [-0.05, 0) is 36.8 Å². The maximum absolute atomic E-state index is 5.46. The Morgan fingerprint density at radius 1 is 1.00 bits per heavy atom. The van der Waals surface area contributed by atoms with E-state index in [0.29, 0.717) is 13.1 Å². The van der Waals surface area contributed by atoms with E-state index in [4.69, 9.17) is 9.47 Å². The van der Waals surface area contributed by atoms with Gasteiger partial charge in [-0.25, -0.2) is 4.99 Å². The highest BCUT2D eigenvalue weighted by atomic mass is 16.5. The predicted octanol–water partition coefficient (Wildman–Crippen LogP) is 3.03. The molecule has 2 N–H and O–H groups in total. The van der Waals surface area contributed by atoms with Crippen LogP contribution in [0.1, 0.15) is 18.1 Å². The Bertz CT molecular complexity index is 742. The summed E-state index contributed by atoms with van der Waals surface area (Å²) in [5.74, 6) is 2.33. The third kappa shape index (κ3) is 6.09. The van der Waals surface area contributed by atoms with Gasteiger partial charge in [-0.15, -0.1) is 0 Å². The average molecular weight is 370 g/mol. The summed E-state index contributed by atoms with van der Waals surface area (Å²) in [7, 11) is 7.38. The first-order valence-electron chi connectivity index (χ1n) is 9.06. The van der Waals surface area contributed by atoms with Gasteiger partial charge in [0.2, 0.25) is 0 Å². The zero-order chi connectivity index (χ0) is 19.6. The maximum atomic E-state index is 5.46. The van der Waals surface area contributed by atoms with Gasteiger partial charge in [0.25, 0.3) is 0 Å². The van der Waals surface area contributed by atoms with Gasteiger partial charge in [0.05, 0.1) is 20.8 Å². The summed E-state index contributed by atoms with van der Waals surface area (Å²) in [6, 6.07) is 14.2. The van der Waals surface area contributed by atoms with Crippen LogP contribution in [0.4, 0.5) is 5.69 Å². The minimum Gasteiger partial charge on any atom is -0.497 e. The number of methoxy groups -OCH3 is 2. The molecule has 2 rings (SSSR count). The number of guanidine groups is 1. The molecule has 0 aromatic heterocycles. The van der Waals surface area contributed by atoms with E-state index in [0.717, 1.165) is 29.6 Å². The van der Waals surface area contributed by atoms with Crippen LogP contribution < -0.4 is 25.0 Å². The van der Waals surface area contributed by atoms with Crippen LogP contribution in [-0.2, 0) is 13.1 Å². The van der Waals surface area contributed by atoms with E-state index in [9.17, 15) is 0 Å². The minimum absolute atomic E-state index is 0.610. The average Bonchev–Trinajstić information content (AvgIpc) is 2.70. The van der Waals surface area contributed by atoms with Gasteiger partial charge in [-0.3, -0.25) is 0 Å². The number of benzene rings is 2. The second-order valence-corrected chi connectivity index (χ2v) is 6.29. The van der Waals surface area contributed by atoms with Crippen LogP contribution in [-0.4, -0.2) is 40.8 Å². The van der Waals surface area contributed by atoms with Crippen molar-refractivity contribution in [1.29, 1.82) is 0 Å². The van der Waals surface area contributed by atoms with Crippen molar-refractivity contribution >= 4 is 11.6 Å². The molecule has 0 saturated carbocycles. The van der Waals surface area contributed by atoms with Crippen LogP contribution >= 0.6 is 0 Å². The standard InChI is InChI=1S/C21H30N4O2/c1-6-22-21(23-14-16-7-10-18(11-8-16)25(2)3)24-15-17-9-12-19(26-4)13-20(17)27-5/h7-13H,6,14-15H2,1-5H3,(H2,22,23,24). The fraction of sp³-hybridized carbons (Fsp3) is 0.381. The van der Waals surface area contributed by atoms with Crippen molar-refractivity contribution in [1.82, 2.24) is 10.6 Å². The molecule has 0 atom stereocenters. The summed E-state index contributed by atoms with van der Waals surface area (Å²) in [6.45, 7) is 4.07. The Labute approximate surface area is 162 Å². The molecule has 0 amide bonds. The highest BCUT2D eigenvalue weighted by Crippen LogP contribution is 2.24. The molecule has 6 heteroatoms. The number of hydrogen-bond acceptors (Lipinski definition) is 4. The van der Waals surface area contributed by atoms with E-state index in [1.807, 2.05) is 32.3 Å². The molecular weight excluding hydrogens is 340 g/mol. The van der Waals surface area contributed by atoms with E-state index >= 15 is 0 Å². The first kappa shape index (κ1) is 20.4. The van der Waals surface area contributed by atoms with Crippen LogP contribution in [0.25, 0.3) is 0 Å². The molecule has 0 saturated heterocycles. The van der Waals surface area contributed by atoms with Crippen molar-refractivity contribution in [2.45, 2.75) is 20.0 Å². The number of rotatable bonds is 8. The lowest BCUT2D eigenvalue weighted by molar-refractivity contribution is 0.390. The van der Waals surface area contributed by atoms with E-state index in [1.165, 1.54) is 11.3 Å². The molecule has 6 nitrogen and oxygen atoms in total. The largest absolute Gasteiger partial charge is 0.497 e. The molecule has 0 aliphatic carbocycles. The molecule has 0 unspecified atom stereocenters. The molecule has 0 heterocycles. The zero-order valence-corrected chi connectivity index (χ0v) is 16.9. The summed E-state index contributed by atoms with van der Waals surface area (Å²) >= 11 is 0. The summed E-state index contributed by atoms with van der Waals surface area (Å²) in [4.78, 5) is 6.76. The van der Waals surface area contributed by atoms with E-state index in [1.54, 1.807) is 14.2 Å². The van der Waals surface area contributed by atoms with E-state index < -0.39 is 0 Å². The van der Waals surface area contributed by atoms with Gasteiger partial charge in [-0.2, -0.15) is 0 Å². The third-order valence-electron chi connectivity index (χ3n) is 4.16. The Kier molecular flexibility index (Phi) is 7.79. The van der Waals surface area contributed by atoms with Crippen LogP contribution in [0, 0.1) is 0 Å². The van der Waals surface area contributed by atoms with Crippen molar-refractivity contribution in [2.24, 2.45) is 4.99 Å². The summed E-state index contributed by atoms with van der Waals surface area (Å²) in [5.41, 5.74) is 3.39. The second-order valence-electron chi connectivity index (χ2n) is 6.29. The number of nitrogens with one attached hydrogen (secondary N) is 2. The molecule has 0 aliphatic heterocycles. The summed E-state index contributed by atoms with van der Waals surface area (Å²) in [6.07, 6.45) is 0. The van der Waals surface area contributed by atoms with Crippen molar-refractivity contribution in [3.8, 4) is 11.5 Å². The van der Waals surface area contributed by atoms with Crippen molar-refractivity contribution < 1.29 is 9.47 Å². The fourth-order valence-corrected chi connectivity index (χ4v) is 2.59. The molecule has 0 aliphatic rings. The predicted molar refractivity (Wildman–Crippen MR) is 112 cm³/mol. The monoisotopic (exact) mass is 370 g/mol. The highest BCUT2D eigenvalue weighted by molar-refractivity contribution is 5.79. The van der Waals surface area contributed by atoms with Gasteiger partial charge >= 0.3 is 0 Å². The van der Waals surface area contributed by atoms with Crippen LogP contribution in [0.5, 0.6) is 11.5 Å². The lowest BCUT2D eigenvalue weighted by atomic mass is 10.2. The van der Waals surface area contributed by atoms with Gasteiger partial charge in [0.15, 0.2) is 5.96 Å². The normalized spacial score (nSPS) is 11.1. The van der Waals surface area contributed by atoms with Crippen molar-refractivity contribution in [3.05, 3.63) is 53.6 Å². The van der Waals surface area contributed by atoms with Crippen molar-refractivity contribution in [2.75, 3.05) is 39.8 Å². The Morgan fingerprint density at radius 2 is 1.74 bits per heavy atom. The number of nitrogens with zero attached hydrogens (tertiary/aromatic N) is 2. The van der Waals surface area contributed by atoms with Crippen LogP contribution in [0.15, 0.2) is 47.5 Å². The molecule has 0 bridgehead atoms. The van der Waals surface area contributed by atoms with E-state index in [2.05, 4.69) is 51.7 Å². The molecule has 0 spiro atoms. The quantitative estimate of drug-likeness (QED) is 0.553. The minimum atomic E-state index is 0.610. The van der Waals surface area contributed by atoms with Gasteiger partial charge in [0.1, 0.15) is 11.5 Å². The summed E-state index contributed by atoms with van der Waals surface area (Å²) < 4.78 is 10.7. The Morgan fingerprint density at radius 3 is 2.33 bits per heavy atom.